The summed E-state index contributed by atoms with van der Waals surface area (Å²) in [5.74, 6) is -2.38. The molecule has 6 aromatic rings. The average Bonchev–Trinajstić information content (AvgIpc) is 3.53. The molecule has 6 N–H and O–H groups in total. The van der Waals surface area contributed by atoms with E-state index in [1.54, 1.807) is 11.8 Å². The minimum absolute atomic E-state index is 0.0357. The van der Waals surface area contributed by atoms with Gasteiger partial charge in [-0.25, -0.2) is 0 Å². The Morgan fingerprint density at radius 2 is 0.716 bits per heavy atom. The molecule has 0 spiro atoms. The van der Waals surface area contributed by atoms with Gasteiger partial charge in [-0.3, -0.25) is 19.2 Å². The van der Waals surface area contributed by atoms with Crippen LogP contribution < -0.4 is 16.8 Å². The van der Waals surface area contributed by atoms with Gasteiger partial charge in [-0.2, -0.15) is 0 Å². The highest BCUT2D eigenvalue weighted by atomic mass is 32.2. The van der Waals surface area contributed by atoms with Gasteiger partial charge >= 0.3 is 17.9 Å². The second-order valence-electron chi connectivity index (χ2n) is 18.3. The maximum Gasteiger partial charge on any atom is 0.306 e. The maximum absolute atomic E-state index is 12.8. The highest BCUT2D eigenvalue weighted by molar-refractivity contribution is 8.00. The SMILES string of the molecule is CC1O[C@H](Sc2ccccc2)C(OCc2ccccc2)[C@@H](OCc2ccccc2)[C@@H]1OC(=O)CCC(=O)O.CN.CN.CNC(=O)CCC(=O)O[C@@H]1C(C)O[C@H](Sc2ccccc2)C(OCc2ccccc2)[C@H]1OCc1ccccc1. The molecule has 18 heteroatoms. The third-order valence-electron chi connectivity index (χ3n) is 12.5. The number of carbonyl (C=O) groups excluding carboxylic acids is 3. The van der Waals surface area contributed by atoms with Crippen molar-refractivity contribution in [1.82, 2.24) is 5.32 Å². The predicted octanol–water partition coefficient (Wildman–Crippen LogP) is 9.75. The van der Waals surface area contributed by atoms with Gasteiger partial charge in [0, 0.05) is 23.3 Å². The van der Waals surface area contributed by atoms with E-state index in [4.69, 9.17) is 43.0 Å². The van der Waals surface area contributed by atoms with Crippen molar-refractivity contribution in [2.45, 2.75) is 135 Å². The highest BCUT2D eigenvalue weighted by Gasteiger charge is 2.50. The number of nitrogens with one attached hydrogen (secondary N) is 1. The Morgan fingerprint density at radius 1 is 0.432 bits per heavy atom. The zero-order chi connectivity index (χ0) is 58.2. The molecule has 0 aliphatic carbocycles. The topological polar surface area (TPSA) is 226 Å². The third-order valence-corrected chi connectivity index (χ3v) is 14.8. The van der Waals surface area contributed by atoms with E-state index < -0.39 is 77.6 Å². The fourth-order valence-corrected chi connectivity index (χ4v) is 10.9. The van der Waals surface area contributed by atoms with Crippen LogP contribution in [-0.2, 0) is 83.5 Å². The number of benzene rings is 6. The first-order valence-corrected chi connectivity index (χ1v) is 28.6. The van der Waals surface area contributed by atoms with Crippen LogP contribution >= 0.6 is 23.5 Å². The largest absolute Gasteiger partial charge is 0.481 e. The molecule has 434 valence electrons. The van der Waals surface area contributed by atoms with E-state index in [1.807, 2.05) is 196 Å². The lowest BCUT2D eigenvalue weighted by Crippen LogP contribution is -2.59. The second-order valence-corrected chi connectivity index (χ2v) is 20.6. The molecule has 2 saturated heterocycles. The van der Waals surface area contributed by atoms with Crippen molar-refractivity contribution < 1.29 is 62.2 Å². The number of rotatable bonds is 24. The quantitative estimate of drug-likeness (QED) is 0.0414. The number of ether oxygens (including phenoxy) is 8. The van der Waals surface area contributed by atoms with Crippen molar-refractivity contribution in [3.05, 3.63) is 204 Å². The minimum Gasteiger partial charge on any atom is -0.481 e. The molecule has 6 aromatic carbocycles. The van der Waals surface area contributed by atoms with Gasteiger partial charge in [-0.1, -0.05) is 181 Å². The summed E-state index contributed by atoms with van der Waals surface area (Å²) in [7, 11) is 4.54. The molecule has 0 saturated carbocycles. The number of thioether (sulfide) groups is 2. The molecule has 0 bridgehead atoms. The van der Waals surface area contributed by atoms with Crippen LogP contribution in [0, 0.1) is 0 Å². The molecule has 0 aromatic heterocycles. The second kappa shape index (κ2) is 36.8. The number of nitrogens with two attached hydrogens (primary N) is 2. The molecule has 0 radical (unpaired) electrons. The molecule has 4 unspecified atom stereocenters. The van der Waals surface area contributed by atoms with Gasteiger partial charge in [0.2, 0.25) is 5.91 Å². The summed E-state index contributed by atoms with van der Waals surface area (Å²) in [5.41, 5.74) is 12.1. The zero-order valence-corrected chi connectivity index (χ0v) is 48.2. The highest BCUT2D eigenvalue weighted by Crippen LogP contribution is 2.40. The summed E-state index contributed by atoms with van der Waals surface area (Å²) in [6, 6.07) is 59.2. The van der Waals surface area contributed by atoms with Crippen molar-refractivity contribution in [2.24, 2.45) is 11.5 Å². The molecule has 2 aliphatic heterocycles. The van der Waals surface area contributed by atoms with Gasteiger partial charge in [0.15, 0.2) is 12.2 Å². The van der Waals surface area contributed by atoms with Gasteiger partial charge < -0.3 is 59.8 Å². The van der Waals surface area contributed by atoms with E-state index in [0.29, 0.717) is 19.8 Å². The molecule has 2 fully saturated rings. The summed E-state index contributed by atoms with van der Waals surface area (Å²) < 4.78 is 50.4. The predicted molar refractivity (Wildman–Crippen MR) is 313 cm³/mol. The number of carbonyl (C=O) groups is 4. The Hall–Kier alpha value is -6.42. The maximum atomic E-state index is 12.8. The molecule has 8 rings (SSSR count). The van der Waals surface area contributed by atoms with E-state index in [0.717, 1.165) is 32.0 Å². The van der Waals surface area contributed by atoms with Crippen molar-refractivity contribution >= 4 is 47.3 Å². The lowest BCUT2D eigenvalue weighted by molar-refractivity contribution is -0.238. The van der Waals surface area contributed by atoms with E-state index in [2.05, 4.69) is 16.8 Å². The fourth-order valence-electron chi connectivity index (χ4n) is 8.50. The van der Waals surface area contributed by atoms with Crippen molar-refractivity contribution in [3.8, 4) is 0 Å². The summed E-state index contributed by atoms with van der Waals surface area (Å²) in [6.45, 7) is 4.98. The lowest BCUT2D eigenvalue weighted by atomic mass is 9.99. The third kappa shape index (κ3) is 22.5. The van der Waals surface area contributed by atoms with Crippen LogP contribution in [0.15, 0.2) is 192 Å². The first-order valence-electron chi connectivity index (χ1n) is 26.9. The number of carboxylic acid groups (broad SMARTS) is 1. The van der Waals surface area contributed by atoms with E-state index >= 15 is 0 Å². The summed E-state index contributed by atoms with van der Waals surface area (Å²) in [6.07, 6.45) is -5.41. The van der Waals surface area contributed by atoms with Crippen molar-refractivity contribution in [3.63, 3.8) is 0 Å². The van der Waals surface area contributed by atoms with E-state index in [-0.39, 0.29) is 38.2 Å². The number of carboxylic acids is 1. The summed E-state index contributed by atoms with van der Waals surface area (Å²) in [5, 5.41) is 11.5. The zero-order valence-electron chi connectivity index (χ0n) is 46.6. The number of amides is 1. The van der Waals surface area contributed by atoms with Gasteiger partial charge in [0.1, 0.15) is 35.3 Å². The van der Waals surface area contributed by atoms with E-state index in [1.165, 1.54) is 32.9 Å². The molecule has 2 heterocycles. The molecular weight excluding hydrogens is 1070 g/mol. The Balaban J connectivity index is 0.000000280. The van der Waals surface area contributed by atoms with Crippen LogP contribution in [0.4, 0.5) is 0 Å². The normalized spacial score (nSPS) is 21.9. The fraction of sp³-hybridized carbons (Fsp3) is 0.365. The number of esters is 2. The van der Waals surface area contributed by atoms with Crippen LogP contribution in [0.2, 0.25) is 0 Å². The van der Waals surface area contributed by atoms with Crippen molar-refractivity contribution in [2.75, 3.05) is 21.1 Å². The van der Waals surface area contributed by atoms with Gasteiger partial charge in [-0.05, 0) is 74.5 Å². The van der Waals surface area contributed by atoms with Crippen LogP contribution in [0.1, 0.15) is 61.8 Å². The van der Waals surface area contributed by atoms with Gasteiger partial charge in [0.25, 0.3) is 0 Å². The molecule has 1 amide bonds. The Morgan fingerprint density at radius 3 is 1.01 bits per heavy atom. The smallest absolute Gasteiger partial charge is 0.306 e. The molecule has 2 aliphatic rings. The van der Waals surface area contributed by atoms with Crippen LogP contribution in [-0.4, -0.2) is 110 Å². The Labute approximate surface area is 484 Å². The molecule has 16 nitrogen and oxygen atoms in total. The van der Waals surface area contributed by atoms with Crippen LogP contribution in [0.25, 0.3) is 0 Å². The summed E-state index contributed by atoms with van der Waals surface area (Å²) in [4.78, 5) is 50.1. The Kier molecular flexibility index (Phi) is 29.7. The lowest BCUT2D eigenvalue weighted by Gasteiger charge is -2.44. The number of hydrogen-bond acceptors (Lipinski definition) is 16. The first-order chi connectivity index (χ1) is 39.5. The number of aliphatic carboxylic acids is 1. The minimum atomic E-state index is -1.06. The molecule has 81 heavy (non-hydrogen) atoms. The molecular formula is C63H77N3O13S2. The monoisotopic (exact) mass is 1150 g/mol. The average molecular weight is 1150 g/mol. The van der Waals surface area contributed by atoms with Crippen LogP contribution in [0.3, 0.4) is 0 Å². The standard InChI is InChI=1S/C31H35NO6S.C30H32O7S.2CH5N/c1-22-28(38-27(34)19-18-26(33)32-2)29(35-20-23-12-6-3-7-13-23)30(36-21-24-14-8-4-9-15-24)31(37-22)39-25-16-10-5-11-17-25;1-21-27(37-26(33)18-17-25(31)32)28(34-19-22-11-5-2-6-12-22)29(35-20-23-13-7-3-8-14-23)30(36-21)38-24-15-9-4-10-16-24;2*1-2/h3-17,22,28-31H,18-21H2,1-2H3,(H,32,33);2-16,21,27-30H,17-20H2,1H3,(H,31,32);2*2H2,1H3/t22?,28-,29+,30?,31-;21?,27-,28+,29?,30-;;/m11../s1. The first kappa shape index (κ1) is 65.4. The van der Waals surface area contributed by atoms with E-state index in [9.17, 15) is 19.2 Å². The van der Waals surface area contributed by atoms with Crippen LogP contribution in [0.5, 0.6) is 0 Å². The number of hydrogen-bond donors (Lipinski definition) is 4. The van der Waals surface area contributed by atoms with Gasteiger partial charge in [0.05, 0.1) is 57.9 Å². The van der Waals surface area contributed by atoms with Gasteiger partial charge in [-0.15, -0.1) is 0 Å². The van der Waals surface area contributed by atoms with Crippen molar-refractivity contribution in [1.29, 1.82) is 0 Å². The Bertz CT molecular complexity index is 2690. The summed E-state index contributed by atoms with van der Waals surface area (Å²) >= 11 is 3.08. The molecule has 10 atom stereocenters.